The van der Waals surface area contributed by atoms with Gasteiger partial charge < -0.3 is 25.7 Å². The van der Waals surface area contributed by atoms with Gasteiger partial charge in [0.05, 0.1) is 18.6 Å². The number of ether oxygens (including phenoxy) is 1. The molecule has 2 amide bonds. The number of nitrogens with two attached hydrogens (primary N) is 1. The summed E-state index contributed by atoms with van der Waals surface area (Å²) in [6.45, 7) is 6.68. The van der Waals surface area contributed by atoms with Crippen molar-refractivity contribution in [3.63, 3.8) is 0 Å². The van der Waals surface area contributed by atoms with E-state index < -0.39 is 11.6 Å². The first-order valence-corrected chi connectivity index (χ1v) is 14.3. The van der Waals surface area contributed by atoms with E-state index in [0.717, 1.165) is 35.7 Å². The molecule has 1 saturated heterocycles. The van der Waals surface area contributed by atoms with Crippen molar-refractivity contribution in [2.24, 2.45) is 5.73 Å². The minimum atomic E-state index is -1.10. The Labute approximate surface area is 247 Å². The number of aromatic nitrogens is 1. The molecule has 0 unspecified atom stereocenters. The van der Waals surface area contributed by atoms with Crippen LogP contribution in [-0.2, 0) is 31.0 Å². The summed E-state index contributed by atoms with van der Waals surface area (Å²) in [5, 5.41) is 3.99. The molecular formula is C32H41ClN4O4. The van der Waals surface area contributed by atoms with Crippen LogP contribution in [0.1, 0.15) is 69.1 Å². The predicted molar refractivity (Wildman–Crippen MR) is 162 cm³/mol. The highest BCUT2D eigenvalue weighted by molar-refractivity contribution is 5.92. The summed E-state index contributed by atoms with van der Waals surface area (Å²) >= 11 is 0. The van der Waals surface area contributed by atoms with Gasteiger partial charge in [-0.15, -0.1) is 12.4 Å². The van der Waals surface area contributed by atoms with E-state index >= 15 is 0 Å². The molecule has 0 bridgehead atoms. The average Bonchev–Trinajstić information content (AvgIpc) is 3.47. The highest BCUT2D eigenvalue weighted by Gasteiger charge is 2.47. The number of carbonyl (C=O) groups excluding carboxylic acids is 3. The second kappa shape index (κ2) is 12.2. The maximum Gasteiger partial charge on any atom is 0.306 e. The fourth-order valence-corrected chi connectivity index (χ4v) is 6.54. The molecule has 9 heteroatoms. The van der Waals surface area contributed by atoms with Gasteiger partial charge >= 0.3 is 5.97 Å². The number of para-hydroxylation sites is 1. The summed E-state index contributed by atoms with van der Waals surface area (Å²) in [5.74, 6) is -0.485. The Balaban J connectivity index is 0.00000387. The number of amides is 2. The first kappa shape index (κ1) is 30.6. The SMILES string of the molecule is CCOC(=O)C[C@@H]1CC2(CCN(C(=O)[C@@H](Cc3c[nH]c4ccccc34)NC(=O)C(C)(C)N)CC2)c2ccccc21.Cl. The summed E-state index contributed by atoms with van der Waals surface area (Å²) in [6.07, 6.45) is 5.16. The normalized spacial score (nSPS) is 18.4. The van der Waals surface area contributed by atoms with Crippen molar-refractivity contribution in [3.8, 4) is 0 Å². The van der Waals surface area contributed by atoms with Gasteiger partial charge in [0.15, 0.2) is 0 Å². The quantitative estimate of drug-likeness (QED) is 0.342. The van der Waals surface area contributed by atoms with Gasteiger partial charge in [0, 0.05) is 36.6 Å². The Hall–Kier alpha value is -3.36. The zero-order chi connectivity index (χ0) is 28.5. The van der Waals surface area contributed by atoms with Crippen molar-refractivity contribution in [3.05, 3.63) is 71.4 Å². The van der Waals surface area contributed by atoms with Crippen molar-refractivity contribution in [2.45, 2.75) is 75.8 Å². The molecule has 2 atom stereocenters. The van der Waals surface area contributed by atoms with E-state index in [-0.39, 0.29) is 41.5 Å². The van der Waals surface area contributed by atoms with E-state index in [4.69, 9.17) is 10.5 Å². The van der Waals surface area contributed by atoms with E-state index in [2.05, 4.69) is 28.5 Å². The maximum absolute atomic E-state index is 14.0. The molecule has 1 aliphatic carbocycles. The number of nitrogens with one attached hydrogen (secondary N) is 2. The number of fused-ring (bicyclic) bond motifs is 3. The topological polar surface area (TPSA) is 118 Å². The minimum Gasteiger partial charge on any atom is -0.466 e. The van der Waals surface area contributed by atoms with Crippen LogP contribution in [0.4, 0.5) is 0 Å². The van der Waals surface area contributed by atoms with Gasteiger partial charge in [0.2, 0.25) is 11.8 Å². The summed E-state index contributed by atoms with van der Waals surface area (Å²) in [4.78, 5) is 44.4. The zero-order valence-electron chi connectivity index (χ0n) is 24.1. The van der Waals surface area contributed by atoms with Crippen LogP contribution in [0.3, 0.4) is 0 Å². The van der Waals surface area contributed by atoms with Crippen LogP contribution < -0.4 is 11.1 Å². The fourth-order valence-electron chi connectivity index (χ4n) is 6.54. The highest BCUT2D eigenvalue weighted by atomic mass is 35.5. The number of carbonyl (C=O) groups is 3. The molecule has 1 aliphatic heterocycles. The third-order valence-electron chi connectivity index (χ3n) is 8.65. The molecule has 41 heavy (non-hydrogen) atoms. The first-order valence-electron chi connectivity index (χ1n) is 14.3. The smallest absolute Gasteiger partial charge is 0.306 e. The largest absolute Gasteiger partial charge is 0.466 e. The number of H-pyrrole nitrogens is 1. The summed E-state index contributed by atoms with van der Waals surface area (Å²) in [5.41, 5.74) is 9.40. The van der Waals surface area contributed by atoms with Crippen molar-refractivity contribution in [1.29, 1.82) is 0 Å². The Morgan fingerprint density at radius 3 is 2.51 bits per heavy atom. The molecule has 1 aromatic heterocycles. The van der Waals surface area contributed by atoms with Gasteiger partial charge in [-0.05, 0) is 74.1 Å². The lowest BCUT2D eigenvalue weighted by Crippen LogP contribution is -2.58. The van der Waals surface area contributed by atoms with Gasteiger partial charge in [-0.2, -0.15) is 0 Å². The third kappa shape index (κ3) is 6.28. The maximum atomic E-state index is 14.0. The highest BCUT2D eigenvalue weighted by Crippen LogP contribution is 2.52. The molecule has 8 nitrogen and oxygen atoms in total. The van der Waals surface area contributed by atoms with Gasteiger partial charge in [-0.1, -0.05) is 42.5 Å². The van der Waals surface area contributed by atoms with E-state index in [1.54, 1.807) is 13.8 Å². The number of rotatable bonds is 8. The number of likely N-dealkylation sites (tertiary alicyclic amines) is 1. The number of nitrogens with zero attached hydrogens (tertiary/aromatic N) is 1. The first-order chi connectivity index (χ1) is 19.1. The van der Waals surface area contributed by atoms with Crippen molar-refractivity contribution < 1.29 is 19.1 Å². The number of hydrogen-bond acceptors (Lipinski definition) is 5. The number of aromatic amines is 1. The number of benzene rings is 2. The lowest BCUT2D eigenvalue weighted by atomic mass is 9.73. The van der Waals surface area contributed by atoms with Gasteiger partial charge in [-0.3, -0.25) is 14.4 Å². The number of piperidine rings is 1. The van der Waals surface area contributed by atoms with E-state index in [0.29, 0.717) is 32.5 Å². The molecular weight excluding hydrogens is 540 g/mol. The van der Waals surface area contributed by atoms with Crippen molar-refractivity contribution in [2.75, 3.05) is 19.7 Å². The lowest BCUT2D eigenvalue weighted by molar-refractivity contribution is -0.143. The second-order valence-corrected chi connectivity index (χ2v) is 11.9. The molecule has 3 aromatic rings. The molecule has 220 valence electrons. The Kier molecular flexibility index (Phi) is 9.14. The molecule has 5 rings (SSSR count). The molecule has 0 saturated carbocycles. The summed E-state index contributed by atoms with van der Waals surface area (Å²) < 4.78 is 5.26. The Morgan fingerprint density at radius 2 is 1.80 bits per heavy atom. The summed E-state index contributed by atoms with van der Waals surface area (Å²) in [7, 11) is 0. The van der Waals surface area contributed by atoms with Crippen LogP contribution in [0.25, 0.3) is 10.9 Å². The van der Waals surface area contributed by atoms with Crippen LogP contribution >= 0.6 is 12.4 Å². The monoisotopic (exact) mass is 580 g/mol. The molecule has 0 radical (unpaired) electrons. The van der Waals surface area contributed by atoms with E-state index in [9.17, 15) is 14.4 Å². The predicted octanol–water partition coefficient (Wildman–Crippen LogP) is 4.36. The van der Waals surface area contributed by atoms with Gasteiger partial charge in [0.25, 0.3) is 0 Å². The van der Waals surface area contributed by atoms with E-state index in [1.807, 2.05) is 48.4 Å². The number of esters is 1. The lowest BCUT2D eigenvalue weighted by Gasteiger charge is -2.41. The fraction of sp³-hybridized carbons (Fsp3) is 0.469. The molecule has 1 fully saturated rings. The summed E-state index contributed by atoms with van der Waals surface area (Å²) in [6, 6.07) is 15.6. The van der Waals surface area contributed by atoms with Crippen LogP contribution in [0.2, 0.25) is 0 Å². The molecule has 2 heterocycles. The standard InChI is InChI=1S/C32H40N4O4.ClH/c1-4-40-28(37)18-21-19-32(25-11-7-5-9-23(21)25)13-15-36(16-14-32)29(38)27(35-30(39)31(2,3)33)17-22-20-34-26-12-8-6-10-24(22)26;/h5-12,20-21,27,34H,4,13-19,33H2,1-3H3,(H,35,39);1H/t21-,27-;/m1./s1. The molecule has 2 aliphatic rings. The van der Waals surface area contributed by atoms with Gasteiger partial charge in [-0.25, -0.2) is 0 Å². The second-order valence-electron chi connectivity index (χ2n) is 11.9. The van der Waals surface area contributed by atoms with Crippen LogP contribution in [0.5, 0.6) is 0 Å². The van der Waals surface area contributed by atoms with Crippen LogP contribution in [-0.4, -0.2) is 58.9 Å². The number of halogens is 1. The zero-order valence-corrected chi connectivity index (χ0v) is 24.9. The van der Waals surface area contributed by atoms with Crippen molar-refractivity contribution in [1.82, 2.24) is 15.2 Å². The molecule has 1 spiro atoms. The Morgan fingerprint density at radius 1 is 1.12 bits per heavy atom. The molecule has 4 N–H and O–H groups in total. The van der Waals surface area contributed by atoms with Gasteiger partial charge in [0.1, 0.15) is 6.04 Å². The average molecular weight is 581 g/mol. The molecule has 2 aromatic carbocycles. The minimum absolute atomic E-state index is 0. The van der Waals surface area contributed by atoms with Crippen molar-refractivity contribution >= 4 is 41.1 Å². The van der Waals surface area contributed by atoms with E-state index in [1.165, 1.54) is 11.1 Å². The van der Waals surface area contributed by atoms with Crippen LogP contribution in [0.15, 0.2) is 54.7 Å². The number of hydrogen-bond donors (Lipinski definition) is 3. The third-order valence-corrected chi connectivity index (χ3v) is 8.65. The Bertz CT molecular complexity index is 1400. The van der Waals surface area contributed by atoms with Crippen LogP contribution in [0, 0.1) is 0 Å².